The molecule has 1 fully saturated rings. The number of piperidine rings is 1. The van der Waals surface area contributed by atoms with Crippen molar-refractivity contribution in [3.05, 3.63) is 27.7 Å². The molecule has 4 N–H and O–H groups in total. The number of likely N-dealkylation sites (tertiary alicyclic amines) is 1. The minimum atomic E-state index is -1.34. The number of rotatable bonds is 3. The van der Waals surface area contributed by atoms with Crippen LogP contribution in [0.4, 0.5) is 15.8 Å². The van der Waals surface area contributed by atoms with Crippen molar-refractivity contribution in [3.8, 4) is 0 Å². The van der Waals surface area contributed by atoms with E-state index in [4.69, 9.17) is 5.73 Å². The van der Waals surface area contributed by atoms with Crippen molar-refractivity contribution in [3.63, 3.8) is 0 Å². The topological polar surface area (TPSA) is 118 Å². The molecule has 160 valence electrons. The number of nitrogen functional groups attached to an aromatic ring is 1. The molecule has 0 aliphatic carbocycles. The summed E-state index contributed by atoms with van der Waals surface area (Å²) in [6.07, 6.45) is 1.33. The van der Waals surface area contributed by atoms with Crippen LogP contribution in [0.25, 0.3) is 10.9 Å². The molecule has 30 heavy (non-hydrogen) atoms. The second kappa shape index (κ2) is 7.50. The quantitative estimate of drug-likeness (QED) is 0.635. The van der Waals surface area contributed by atoms with Crippen molar-refractivity contribution in [2.24, 2.45) is 0 Å². The van der Waals surface area contributed by atoms with Crippen LogP contribution in [0.3, 0.4) is 0 Å². The first-order valence-corrected chi connectivity index (χ1v) is 10.8. The molecule has 2 aromatic rings. The number of benzene rings is 1. The van der Waals surface area contributed by atoms with Gasteiger partial charge in [-0.15, -0.1) is 11.8 Å². The summed E-state index contributed by atoms with van der Waals surface area (Å²) >= 11 is 1.30. The summed E-state index contributed by atoms with van der Waals surface area (Å²) in [5.74, 6) is -1.47. The second-order valence-electron chi connectivity index (χ2n) is 7.82. The molecular weight excluding hydrogens is 411 g/mol. The first-order valence-electron chi connectivity index (χ1n) is 9.79. The maximum Gasteiger partial charge on any atom is 0.342 e. The molecule has 1 aromatic carbocycles. The van der Waals surface area contributed by atoms with Crippen LogP contribution >= 0.6 is 11.8 Å². The van der Waals surface area contributed by atoms with Gasteiger partial charge in [-0.25, -0.2) is 9.18 Å². The summed E-state index contributed by atoms with van der Waals surface area (Å²) in [6, 6.07) is 1.45. The predicted octanol–water partition coefficient (Wildman–Crippen LogP) is 2.51. The number of carboxylic acid groups (broad SMARTS) is 1. The van der Waals surface area contributed by atoms with Crippen LogP contribution in [0, 0.1) is 5.82 Å². The molecular formula is C20H23FN4O4S. The standard InChI is InChI=1S/C20H23FN4O4S/c1-9-8-30-19-15(20(28)29)18(27)14-13(25(9)19)7-12(16(21)17(14)22)23-11-3-5-24(6-4-11)10(2)26/h7,9,11,23H,3-6,8,22H2,1-2H3,(H,28,29)/t9-/m1/s1. The predicted molar refractivity (Wildman–Crippen MR) is 114 cm³/mol. The third-order valence-electron chi connectivity index (χ3n) is 5.84. The van der Waals surface area contributed by atoms with Crippen LogP contribution in [0.2, 0.25) is 0 Å². The molecule has 0 saturated carbocycles. The molecule has 1 aromatic heterocycles. The van der Waals surface area contributed by atoms with E-state index in [2.05, 4.69) is 5.32 Å². The number of fused-ring (bicyclic) bond motifs is 3. The largest absolute Gasteiger partial charge is 0.477 e. The van der Waals surface area contributed by atoms with E-state index < -0.39 is 17.2 Å². The second-order valence-corrected chi connectivity index (χ2v) is 8.82. The lowest BCUT2D eigenvalue weighted by Gasteiger charge is -2.32. The minimum absolute atomic E-state index is 0.0187. The Hall–Kier alpha value is -2.75. The minimum Gasteiger partial charge on any atom is -0.477 e. The molecule has 2 aliphatic rings. The highest BCUT2D eigenvalue weighted by molar-refractivity contribution is 7.99. The Morgan fingerprint density at radius 1 is 1.33 bits per heavy atom. The van der Waals surface area contributed by atoms with Gasteiger partial charge in [0.25, 0.3) is 0 Å². The zero-order valence-corrected chi connectivity index (χ0v) is 17.5. The molecule has 0 unspecified atom stereocenters. The highest BCUT2D eigenvalue weighted by Crippen LogP contribution is 2.40. The van der Waals surface area contributed by atoms with Crippen molar-refractivity contribution in [2.45, 2.75) is 43.8 Å². The smallest absolute Gasteiger partial charge is 0.342 e. The van der Waals surface area contributed by atoms with Crippen molar-refractivity contribution in [2.75, 3.05) is 29.9 Å². The lowest BCUT2D eigenvalue weighted by Crippen LogP contribution is -2.41. The van der Waals surface area contributed by atoms with Gasteiger partial charge in [0, 0.05) is 37.8 Å². The fourth-order valence-electron chi connectivity index (χ4n) is 4.25. The van der Waals surface area contributed by atoms with E-state index in [1.165, 1.54) is 18.7 Å². The van der Waals surface area contributed by atoms with Gasteiger partial charge in [-0.3, -0.25) is 9.59 Å². The first kappa shape index (κ1) is 20.5. The average molecular weight is 434 g/mol. The Balaban J connectivity index is 1.81. The Kier molecular flexibility index (Phi) is 5.13. The van der Waals surface area contributed by atoms with Crippen LogP contribution in [0.15, 0.2) is 15.9 Å². The van der Waals surface area contributed by atoms with Gasteiger partial charge in [-0.05, 0) is 25.8 Å². The number of carbonyl (C=O) groups is 2. The molecule has 8 nitrogen and oxygen atoms in total. The van der Waals surface area contributed by atoms with Gasteiger partial charge in [0.15, 0.2) is 5.82 Å². The normalized spacial score (nSPS) is 19.2. The first-order chi connectivity index (χ1) is 14.2. The summed E-state index contributed by atoms with van der Waals surface area (Å²) < 4.78 is 16.9. The van der Waals surface area contributed by atoms with Crippen LogP contribution in [0.5, 0.6) is 0 Å². The van der Waals surface area contributed by atoms with Gasteiger partial charge in [0.1, 0.15) is 5.56 Å². The van der Waals surface area contributed by atoms with Crippen molar-refractivity contribution in [1.29, 1.82) is 0 Å². The lowest BCUT2D eigenvalue weighted by molar-refractivity contribution is -0.129. The maximum atomic E-state index is 15.1. The van der Waals surface area contributed by atoms with E-state index >= 15 is 4.39 Å². The van der Waals surface area contributed by atoms with Crippen molar-refractivity contribution >= 4 is 45.9 Å². The summed E-state index contributed by atoms with van der Waals surface area (Å²) in [4.78, 5) is 37.9. The Bertz CT molecular complexity index is 1120. The van der Waals surface area contributed by atoms with Gasteiger partial charge in [-0.1, -0.05) is 0 Å². The number of nitrogens with zero attached hydrogens (tertiary/aromatic N) is 2. The zero-order valence-electron chi connectivity index (χ0n) is 16.7. The van der Waals surface area contributed by atoms with Gasteiger partial charge in [0.2, 0.25) is 11.3 Å². The number of aromatic carboxylic acids is 1. The third-order valence-corrected chi connectivity index (χ3v) is 7.16. The summed E-state index contributed by atoms with van der Waals surface area (Å²) in [5.41, 5.74) is 5.16. The fraction of sp³-hybridized carbons (Fsp3) is 0.450. The van der Waals surface area contributed by atoms with Crippen molar-refractivity contribution in [1.82, 2.24) is 9.47 Å². The number of anilines is 2. The molecule has 4 rings (SSSR count). The van der Waals surface area contributed by atoms with E-state index in [0.717, 1.165) is 0 Å². The number of carboxylic acids is 1. The number of hydrogen-bond acceptors (Lipinski definition) is 6. The van der Waals surface area contributed by atoms with E-state index in [0.29, 0.717) is 42.2 Å². The summed E-state index contributed by atoms with van der Waals surface area (Å²) in [6.45, 7) is 4.62. The Morgan fingerprint density at radius 2 is 2.00 bits per heavy atom. The van der Waals surface area contributed by atoms with E-state index in [1.807, 2.05) is 6.92 Å². The van der Waals surface area contributed by atoms with Gasteiger partial charge in [0.05, 0.1) is 27.3 Å². The number of amides is 1. The number of halogens is 1. The molecule has 3 heterocycles. The SMILES string of the molecule is CC(=O)N1CCC(Nc2cc3c(c(N)c2F)c(=O)c(C(=O)O)c2n3[C@H](C)CS2)CC1. The number of hydrogen-bond donors (Lipinski definition) is 3. The number of nitrogens with one attached hydrogen (secondary N) is 1. The van der Waals surface area contributed by atoms with Crippen LogP contribution in [-0.4, -0.2) is 51.3 Å². The monoisotopic (exact) mass is 434 g/mol. The maximum absolute atomic E-state index is 15.1. The summed E-state index contributed by atoms with van der Waals surface area (Å²) in [5, 5.41) is 13.0. The molecule has 1 saturated heterocycles. The number of pyridine rings is 1. The average Bonchev–Trinajstić information content (AvgIpc) is 3.07. The van der Waals surface area contributed by atoms with Crippen molar-refractivity contribution < 1.29 is 19.1 Å². The number of carbonyl (C=O) groups excluding carboxylic acids is 1. The molecule has 0 spiro atoms. The van der Waals surface area contributed by atoms with E-state index in [9.17, 15) is 19.5 Å². The fourth-order valence-corrected chi connectivity index (χ4v) is 5.54. The van der Waals surface area contributed by atoms with E-state index in [-0.39, 0.29) is 40.3 Å². The third kappa shape index (κ3) is 3.19. The number of nitrogens with two attached hydrogens (primary N) is 1. The number of thioether (sulfide) groups is 1. The van der Waals surface area contributed by atoms with Gasteiger partial charge in [-0.2, -0.15) is 0 Å². The molecule has 0 radical (unpaired) electrons. The van der Waals surface area contributed by atoms with E-state index in [1.54, 1.807) is 15.5 Å². The number of aromatic nitrogens is 1. The van der Waals surface area contributed by atoms with Crippen LogP contribution in [-0.2, 0) is 4.79 Å². The lowest BCUT2D eigenvalue weighted by atomic mass is 10.0. The summed E-state index contributed by atoms with van der Waals surface area (Å²) in [7, 11) is 0. The highest BCUT2D eigenvalue weighted by atomic mass is 32.2. The molecule has 0 bridgehead atoms. The molecule has 1 amide bonds. The molecule has 1 atom stereocenters. The van der Waals surface area contributed by atoms with Crippen LogP contribution in [0.1, 0.15) is 43.1 Å². The van der Waals surface area contributed by atoms with Crippen LogP contribution < -0.4 is 16.5 Å². The van der Waals surface area contributed by atoms with Gasteiger partial charge < -0.3 is 25.6 Å². The van der Waals surface area contributed by atoms with Gasteiger partial charge >= 0.3 is 5.97 Å². The Morgan fingerprint density at radius 3 is 2.60 bits per heavy atom. The Labute approximate surface area is 176 Å². The molecule has 2 aliphatic heterocycles. The molecule has 10 heteroatoms. The zero-order chi connectivity index (χ0) is 21.7. The highest BCUT2D eigenvalue weighted by Gasteiger charge is 2.31.